The van der Waals surface area contributed by atoms with Crippen LogP contribution in [-0.2, 0) is 0 Å². The average Bonchev–Trinajstić information content (AvgIpc) is 2.65. The van der Waals surface area contributed by atoms with Crippen LogP contribution in [-0.4, -0.2) is 48.5 Å². The first-order valence-corrected chi connectivity index (χ1v) is 8.89. The van der Waals surface area contributed by atoms with E-state index in [4.69, 9.17) is 0 Å². The van der Waals surface area contributed by atoms with Gasteiger partial charge in [0.25, 0.3) is 5.91 Å². The summed E-state index contributed by atoms with van der Waals surface area (Å²) in [5.41, 5.74) is 4.69. The number of hydrogen-bond donors (Lipinski definition) is 1. The summed E-state index contributed by atoms with van der Waals surface area (Å²) in [7, 11) is 0. The van der Waals surface area contributed by atoms with Gasteiger partial charge in [-0.15, -0.1) is 0 Å². The Labute approximate surface area is 149 Å². The highest BCUT2D eigenvalue weighted by Crippen LogP contribution is 2.17. The molecule has 5 heteroatoms. The number of aryl methyl sites for hydroxylation is 2. The Hall–Kier alpha value is -2.40. The average molecular weight is 338 g/mol. The van der Waals surface area contributed by atoms with E-state index in [1.807, 2.05) is 31.2 Å². The molecule has 132 valence electrons. The van der Waals surface area contributed by atoms with E-state index in [9.17, 15) is 4.79 Å². The van der Waals surface area contributed by atoms with Gasteiger partial charge in [-0.2, -0.15) is 0 Å². The number of anilines is 2. The fourth-order valence-electron chi connectivity index (χ4n) is 3.04. The fraction of sp³-hybridized carbons (Fsp3) is 0.400. The number of aromatic nitrogens is 1. The summed E-state index contributed by atoms with van der Waals surface area (Å²) in [5.74, 6) is -0.175. The molecule has 0 spiro atoms. The number of nitrogens with zero attached hydrogens (tertiary/aromatic N) is 3. The van der Waals surface area contributed by atoms with E-state index >= 15 is 0 Å². The van der Waals surface area contributed by atoms with Gasteiger partial charge in [-0.1, -0.05) is 13.0 Å². The summed E-state index contributed by atoms with van der Waals surface area (Å²) in [6.07, 6.45) is 1.80. The van der Waals surface area contributed by atoms with Crippen LogP contribution in [0.15, 0.2) is 36.5 Å². The minimum atomic E-state index is -0.175. The molecule has 1 amide bonds. The summed E-state index contributed by atoms with van der Waals surface area (Å²) >= 11 is 0. The van der Waals surface area contributed by atoms with Crippen molar-refractivity contribution in [2.24, 2.45) is 0 Å². The zero-order chi connectivity index (χ0) is 17.8. The van der Waals surface area contributed by atoms with Crippen LogP contribution in [0, 0.1) is 13.8 Å². The summed E-state index contributed by atoms with van der Waals surface area (Å²) in [6.45, 7) is 11.5. The van der Waals surface area contributed by atoms with Crippen molar-refractivity contribution in [2.45, 2.75) is 20.8 Å². The standard InChI is InChI=1S/C20H26N4O/c1-4-23-9-11-24(12-10-23)18-7-8-19(21-14-18)20(25)22-17-6-5-15(2)16(3)13-17/h5-8,13-14H,4,9-12H2,1-3H3,(H,22,25). The third-order valence-corrected chi connectivity index (χ3v) is 4.93. The molecular weight excluding hydrogens is 312 g/mol. The van der Waals surface area contributed by atoms with Gasteiger partial charge in [0.15, 0.2) is 0 Å². The van der Waals surface area contributed by atoms with E-state index in [2.05, 4.69) is 33.9 Å². The Morgan fingerprint density at radius 2 is 1.84 bits per heavy atom. The summed E-state index contributed by atoms with van der Waals surface area (Å²) in [5, 5.41) is 2.92. The van der Waals surface area contributed by atoms with E-state index in [0.717, 1.165) is 49.7 Å². The molecule has 1 fully saturated rings. The first-order valence-electron chi connectivity index (χ1n) is 8.89. The van der Waals surface area contributed by atoms with Crippen molar-refractivity contribution < 1.29 is 4.79 Å². The molecule has 1 aromatic heterocycles. The number of nitrogens with one attached hydrogen (secondary N) is 1. The van der Waals surface area contributed by atoms with Crippen LogP contribution in [0.5, 0.6) is 0 Å². The van der Waals surface area contributed by atoms with Crippen LogP contribution < -0.4 is 10.2 Å². The van der Waals surface area contributed by atoms with Gasteiger partial charge < -0.3 is 15.1 Å². The smallest absolute Gasteiger partial charge is 0.274 e. The zero-order valence-corrected chi connectivity index (χ0v) is 15.2. The molecule has 25 heavy (non-hydrogen) atoms. The first kappa shape index (κ1) is 17.4. The molecule has 5 nitrogen and oxygen atoms in total. The monoisotopic (exact) mass is 338 g/mol. The van der Waals surface area contributed by atoms with Crippen LogP contribution in [0.2, 0.25) is 0 Å². The Kier molecular flexibility index (Phi) is 5.34. The second-order valence-corrected chi connectivity index (χ2v) is 6.58. The molecule has 1 N–H and O–H groups in total. The highest BCUT2D eigenvalue weighted by atomic mass is 16.1. The lowest BCUT2D eigenvalue weighted by Gasteiger charge is -2.35. The molecule has 0 saturated carbocycles. The quantitative estimate of drug-likeness (QED) is 0.931. The lowest BCUT2D eigenvalue weighted by atomic mass is 10.1. The number of carbonyl (C=O) groups excluding carboxylic acids is 1. The van der Waals surface area contributed by atoms with E-state index < -0.39 is 0 Å². The van der Waals surface area contributed by atoms with Crippen molar-refractivity contribution in [1.82, 2.24) is 9.88 Å². The third-order valence-electron chi connectivity index (χ3n) is 4.93. The normalized spacial score (nSPS) is 15.2. The lowest BCUT2D eigenvalue weighted by molar-refractivity contribution is 0.102. The molecule has 1 aromatic carbocycles. The van der Waals surface area contributed by atoms with Crippen LogP contribution >= 0.6 is 0 Å². The van der Waals surface area contributed by atoms with Gasteiger partial charge in [0, 0.05) is 31.9 Å². The number of amides is 1. The predicted molar refractivity (Wildman–Crippen MR) is 102 cm³/mol. The van der Waals surface area contributed by atoms with Crippen LogP contribution in [0.25, 0.3) is 0 Å². The van der Waals surface area contributed by atoms with Crippen molar-refractivity contribution >= 4 is 17.3 Å². The summed E-state index contributed by atoms with van der Waals surface area (Å²) in [4.78, 5) is 21.5. The molecule has 0 aliphatic carbocycles. The molecule has 2 heterocycles. The maximum Gasteiger partial charge on any atom is 0.274 e. The summed E-state index contributed by atoms with van der Waals surface area (Å²) in [6, 6.07) is 9.70. The van der Waals surface area contributed by atoms with E-state index in [1.165, 1.54) is 5.56 Å². The van der Waals surface area contributed by atoms with Crippen molar-refractivity contribution in [3.05, 3.63) is 53.3 Å². The Balaban J connectivity index is 1.63. The van der Waals surface area contributed by atoms with Crippen LogP contribution in [0.3, 0.4) is 0 Å². The number of rotatable bonds is 4. The first-order chi connectivity index (χ1) is 12.1. The Morgan fingerprint density at radius 3 is 2.44 bits per heavy atom. The largest absolute Gasteiger partial charge is 0.368 e. The molecule has 1 saturated heterocycles. The predicted octanol–water partition coefficient (Wildman–Crippen LogP) is 3.09. The number of carbonyl (C=O) groups is 1. The van der Waals surface area contributed by atoms with E-state index in [0.29, 0.717) is 5.69 Å². The highest BCUT2D eigenvalue weighted by molar-refractivity contribution is 6.03. The molecule has 0 bridgehead atoms. The van der Waals surface area contributed by atoms with Gasteiger partial charge in [0.1, 0.15) is 5.69 Å². The third kappa shape index (κ3) is 4.17. The van der Waals surface area contributed by atoms with Crippen molar-refractivity contribution in [1.29, 1.82) is 0 Å². The van der Waals surface area contributed by atoms with Crippen molar-refractivity contribution in [2.75, 3.05) is 42.9 Å². The zero-order valence-electron chi connectivity index (χ0n) is 15.2. The van der Waals surface area contributed by atoms with Crippen molar-refractivity contribution in [3.8, 4) is 0 Å². The molecule has 1 aliphatic rings. The number of likely N-dealkylation sites (N-methyl/N-ethyl adjacent to an activating group) is 1. The van der Waals surface area contributed by atoms with Gasteiger partial charge in [0.05, 0.1) is 11.9 Å². The topological polar surface area (TPSA) is 48.5 Å². The van der Waals surface area contributed by atoms with Gasteiger partial charge in [-0.25, -0.2) is 4.98 Å². The molecule has 1 aliphatic heterocycles. The number of hydrogen-bond acceptors (Lipinski definition) is 4. The van der Waals surface area contributed by atoms with Gasteiger partial charge in [-0.3, -0.25) is 4.79 Å². The fourth-order valence-corrected chi connectivity index (χ4v) is 3.04. The molecule has 3 rings (SSSR count). The van der Waals surface area contributed by atoms with Gasteiger partial charge in [0.2, 0.25) is 0 Å². The molecule has 0 radical (unpaired) electrons. The molecule has 0 unspecified atom stereocenters. The van der Waals surface area contributed by atoms with E-state index in [-0.39, 0.29) is 5.91 Å². The van der Waals surface area contributed by atoms with Crippen molar-refractivity contribution in [3.63, 3.8) is 0 Å². The molecule has 2 aromatic rings. The minimum Gasteiger partial charge on any atom is -0.368 e. The molecular formula is C20H26N4O. The molecule has 0 atom stereocenters. The van der Waals surface area contributed by atoms with Crippen LogP contribution in [0.1, 0.15) is 28.5 Å². The number of pyridine rings is 1. The van der Waals surface area contributed by atoms with E-state index in [1.54, 1.807) is 12.3 Å². The second kappa shape index (κ2) is 7.66. The number of benzene rings is 1. The van der Waals surface area contributed by atoms with Gasteiger partial charge >= 0.3 is 0 Å². The maximum atomic E-state index is 12.4. The maximum absolute atomic E-state index is 12.4. The highest BCUT2D eigenvalue weighted by Gasteiger charge is 2.16. The lowest BCUT2D eigenvalue weighted by Crippen LogP contribution is -2.46. The Bertz CT molecular complexity index is 734. The summed E-state index contributed by atoms with van der Waals surface area (Å²) < 4.78 is 0. The van der Waals surface area contributed by atoms with Gasteiger partial charge in [-0.05, 0) is 55.8 Å². The minimum absolute atomic E-state index is 0.175. The number of piperazine rings is 1. The SMILES string of the molecule is CCN1CCN(c2ccc(C(=O)Nc3ccc(C)c(C)c3)nc2)CC1. The second-order valence-electron chi connectivity index (χ2n) is 6.58. The van der Waals surface area contributed by atoms with Crippen LogP contribution in [0.4, 0.5) is 11.4 Å². The Morgan fingerprint density at radius 1 is 1.08 bits per heavy atom.